The van der Waals surface area contributed by atoms with Gasteiger partial charge in [0.05, 0.1) is 15.9 Å². The molecule has 0 aliphatic carbocycles. The van der Waals surface area contributed by atoms with Crippen molar-refractivity contribution in [3.8, 4) is 5.69 Å². The number of hydrogen-bond acceptors (Lipinski definition) is 2. The smallest absolute Gasteiger partial charge is 0.0783 e. The van der Waals surface area contributed by atoms with Crippen molar-refractivity contribution in [1.82, 2.24) is 9.78 Å². The Hall–Kier alpha value is -0.840. The van der Waals surface area contributed by atoms with Crippen molar-refractivity contribution in [2.75, 3.05) is 6.54 Å². The van der Waals surface area contributed by atoms with Gasteiger partial charge in [0, 0.05) is 17.6 Å². The first kappa shape index (κ1) is 12.6. The molecule has 1 heterocycles. The maximum atomic E-state index is 5.94. The summed E-state index contributed by atoms with van der Waals surface area (Å²) in [5.74, 6) is 0. The molecule has 3 nitrogen and oxygen atoms in total. The molecule has 0 aliphatic heterocycles. The molecule has 0 saturated heterocycles. The van der Waals surface area contributed by atoms with E-state index in [-0.39, 0.29) is 0 Å². The maximum absolute atomic E-state index is 5.94. The minimum absolute atomic E-state index is 0.592. The second-order valence-electron chi connectivity index (χ2n) is 3.84. The quantitative estimate of drug-likeness (QED) is 0.946. The molecular formula is C12H13BrClN3. The fraction of sp³-hybridized carbons (Fsp3) is 0.250. The lowest BCUT2D eigenvalue weighted by atomic mass is 10.2. The van der Waals surface area contributed by atoms with Crippen LogP contribution in [0, 0.1) is 6.92 Å². The molecule has 0 saturated carbocycles. The Morgan fingerprint density at radius 2 is 2.24 bits per heavy atom. The van der Waals surface area contributed by atoms with Gasteiger partial charge in [0.2, 0.25) is 0 Å². The predicted molar refractivity (Wildman–Crippen MR) is 73.8 cm³/mol. The van der Waals surface area contributed by atoms with E-state index in [9.17, 15) is 0 Å². The summed E-state index contributed by atoms with van der Waals surface area (Å²) < 4.78 is 2.83. The number of nitrogens with two attached hydrogens (primary N) is 1. The van der Waals surface area contributed by atoms with Gasteiger partial charge in [-0.2, -0.15) is 5.10 Å². The Labute approximate surface area is 114 Å². The maximum Gasteiger partial charge on any atom is 0.0783 e. The first-order valence-electron chi connectivity index (χ1n) is 5.32. The number of nitrogens with zero attached hydrogens (tertiary/aromatic N) is 2. The lowest BCUT2D eigenvalue weighted by Gasteiger charge is -2.05. The lowest BCUT2D eigenvalue weighted by Crippen LogP contribution is -2.05. The average Bonchev–Trinajstić information content (AvgIpc) is 2.60. The molecular weight excluding hydrogens is 302 g/mol. The normalized spacial score (nSPS) is 10.8. The molecule has 1 aromatic carbocycles. The molecule has 2 N–H and O–H groups in total. The van der Waals surface area contributed by atoms with Crippen LogP contribution in [0.2, 0.25) is 5.02 Å². The van der Waals surface area contributed by atoms with Gasteiger partial charge in [-0.1, -0.05) is 11.6 Å². The number of aryl methyl sites for hydroxylation is 1. The van der Waals surface area contributed by atoms with E-state index in [1.165, 1.54) is 0 Å². The standard InChI is InChI=1S/C12H13BrClN3/c1-8-6-9(14)2-3-12(8)17-7-10(13)11(16-17)4-5-15/h2-3,6-7H,4-5,15H2,1H3. The van der Waals surface area contributed by atoms with E-state index in [0.29, 0.717) is 6.54 Å². The third kappa shape index (κ3) is 2.70. The summed E-state index contributed by atoms with van der Waals surface area (Å²) in [6.07, 6.45) is 2.71. The van der Waals surface area contributed by atoms with Crippen molar-refractivity contribution < 1.29 is 0 Å². The van der Waals surface area contributed by atoms with Gasteiger partial charge in [-0.3, -0.25) is 0 Å². The van der Waals surface area contributed by atoms with Crippen molar-refractivity contribution in [2.45, 2.75) is 13.3 Å². The minimum atomic E-state index is 0.592. The highest BCUT2D eigenvalue weighted by Crippen LogP contribution is 2.22. The fourth-order valence-corrected chi connectivity index (χ4v) is 2.39. The molecule has 0 radical (unpaired) electrons. The minimum Gasteiger partial charge on any atom is -0.330 e. The monoisotopic (exact) mass is 313 g/mol. The summed E-state index contributed by atoms with van der Waals surface area (Å²) in [6.45, 7) is 2.61. The first-order valence-corrected chi connectivity index (χ1v) is 6.49. The number of halogens is 2. The van der Waals surface area contributed by atoms with E-state index in [2.05, 4.69) is 21.0 Å². The molecule has 1 aromatic heterocycles. The number of aromatic nitrogens is 2. The molecule has 0 bridgehead atoms. The van der Waals surface area contributed by atoms with Crippen molar-refractivity contribution in [3.63, 3.8) is 0 Å². The van der Waals surface area contributed by atoms with Gasteiger partial charge in [-0.25, -0.2) is 4.68 Å². The third-order valence-corrected chi connectivity index (χ3v) is 3.42. The van der Waals surface area contributed by atoms with Gasteiger partial charge in [0.1, 0.15) is 0 Å². The van der Waals surface area contributed by atoms with Gasteiger partial charge >= 0.3 is 0 Å². The van der Waals surface area contributed by atoms with Crippen LogP contribution >= 0.6 is 27.5 Å². The van der Waals surface area contributed by atoms with Crippen molar-refractivity contribution in [3.05, 3.63) is 45.1 Å². The molecule has 0 fully saturated rings. The van der Waals surface area contributed by atoms with E-state index in [4.69, 9.17) is 17.3 Å². The highest BCUT2D eigenvalue weighted by atomic mass is 79.9. The lowest BCUT2D eigenvalue weighted by molar-refractivity contribution is 0.817. The molecule has 17 heavy (non-hydrogen) atoms. The topological polar surface area (TPSA) is 43.8 Å². The van der Waals surface area contributed by atoms with Crippen LogP contribution in [0.3, 0.4) is 0 Å². The van der Waals surface area contributed by atoms with Crippen LogP contribution in [0.25, 0.3) is 5.69 Å². The highest BCUT2D eigenvalue weighted by Gasteiger charge is 2.08. The summed E-state index contributed by atoms with van der Waals surface area (Å²) in [4.78, 5) is 0. The molecule has 0 amide bonds. The van der Waals surface area contributed by atoms with E-state index in [1.54, 1.807) is 0 Å². The molecule has 0 atom stereocenters. The van der Waals surface area contributed by atoms with Crippen LogP contribution in [0.15, 0.2) is 28.9 Å². The summed E-state index contributed by atoms with van der Waals surface area (Å²) in [5.41, 5.74) is 8.63. The second kappa shape index (κ2) is 5.21. The number of hydrogen-bond donors (Lipinski definition) is 1. The Balaban J connectivity index is 2.42. The van der Waals surface area contributed by atoms with E-state index >= 15 is 0 Å². The number of benzene rings is 1. The molecule has 0 aliphatic rings. The van der Waals surface area contributed by atoms with Gasteiger partial charge in [-0.15, -0.1) is 0 Å². The van der Waals surface area contributed by atoms with Crippen LogP contribution < -0.4 is 5.73 Å². The van der Waals surface area contributed by atoms with Gasteiger partial charge in [-0.05, 0) is 53.2 Å². The Morgan fingerprint density at radius 1 is 1.47 bits per heavy atom. The van der Waals surface area contributed by atoms with Crippen molar-refractivity contribution in [2.24, 2.45) is 5.73 Å². The molecule has 5 heteroatoms. The summed E-state index contributed by atoms with van der Waals surface area (Å²) in [7, 11) is 0. The first-order chi connectivity index (χ1) is 8.11. The molecule has 2 aromatic rings. The zero-order valence-electron chi connectivity index (χ0n) is 9.45. The average molecular weight is 315 g/mol. The molecule has 0 spiro atoms. The summed E-state index contributed by atoms with van der Waals surface area (Å²) in [5, 5.41) is 5.24. The van der Waals surface area contributed by atoms with E-state index in [0.717, 1.165) is 32.9 Å². The van der Waals surface area contributed by atoms with Crippen LogP contribution in [0.4, 0.5) is 0 Å². The Kier molecular flexibility index (Phi) is 3.86. The van der Waals surface area contributed by atoms with Crippen LogP contribution in [-0.4, -0.2) is 16.3 Å². The van der Waals surface area contributed by atoms with Crippen LogP contribution in [0.5, 0.6) is 0 Å². The van der Waals surface area contributed by atoms with E-state index < -0.39 is 0 Å². The zero-order chi connectivity index (χ0) is 12.4. The highest BCUT2D eigenvalue weighted by molar-refractivity contribution is 9.10. The van der Waals surface area contributed by atoms with Gasteiger partial charge in [0.15, 0.2) is 0 Å². The third-order valence-electron chi connectivity index (χ3n) is 2.53. The van der Waals surface area contributed by atoms with Crippen LogP contribution in [-0.2, 0) is 6.42 Å². The molecule has 90 valence electrons. The van der Waals surface area contributed by atoms with Gasteiger partial charge < -0.3 is 5.73 Å². The van der Waals surface area contributed by atoms with Crippen molar-refractivity contribution in [1.29, 1.82) is 0 Å². The molecule has 2 rings (SSSR count). The van der Waals surface area contributed by atoms with Crippen LogP contribution in [0.1, 0.15) is 11.3 Å². The Morgan fingerprint density at radius 3 is 2.88 bits per heavy atom. The summed E-state index contributed by atoms with van der Waals surface area (Å²) >= 11 is 9.42. The second-order valence-corrected chi connectivity index (χ2v) is 5.13. The predicted octanol–water partition coefficient (Wildman–Crippen LogP) is 3.10. The Bertz CT molecular complexity index is 537. The zero-order valence-corrected chi connectivity index (χ0v) is 11.8. The fourth-order valence-electron chi connectivity index (χ4n) is 1.69. The van der Waals surface area contributed by atoms with E-state index in [1.807, 2.05) is 36.0 Å². The SMILES string of the molecule is Cc1cc(Cl)ccc1-n1cc(Br)c(CCN)n1. The summed E-state index contributed by atoms with van der Waals surface area (Å²) in [6, 6.07) is 5.75. The number of rotatable bonds is 3. The van der Waals surface area contributed by atoms with Gasteiger partial charge in [0.25, 0.3) is 0 Å². The molecule has 0 unspecified atom stereocenters. The largest absolute Gasteiger partial charge is 0.330 e. The van der Waals surface area contributed by atoms with Crippen molar-refractivity contribution >= 4 is 27.5 Å².